The highest BCUT2D eigenvalue weighted by molar-refractivity contribution is 5.89. The molecule has 3 aliphatic heterocycles. The summed E-state index contributed by atoms with van der Waals surface area (Å²) in [5.74, 6) is -1.20. The molecule has 32 heavy (non-hydrogen) atoms. The van der Waals surface area contributed by atoms with Crippen LogP contribution in [0.2, 0.25) is 0 Å². The maximum Gasteiger partial charge on any atom is 0.328 e. The Morgan fingerprint density at radius 3 is 2.38 bits per heavy atom. The average molecular weight is 436 g/mol. The van der Waals surface area contributed by atoms with E-state index < -0.39 is 11.9 Å². The lowest BCUT2D eigenvalue weighted by molar-refractivity contribution is -0.134. The van der Waals surface area contributed by atoms with Gasteiger partial charge in [-0.2, -0.15) is 0 Å². The number of carbonyl (C=O) groups is 2. The lowest BCUT2D eigenvalue weighted by Gasteiger charge is -2.44. The monoisotopic (exact) mass is 436 g/mol. The molecule has 0 spiro atoms. The van der Waals surface area contributed by atoms with Crippen molar-refractivity contribution >= 4 is 22.8 Å². The number of H-pyrrole nitrogens is 1. The van der Waals surface area contributed by atoms with Crippen LogP contribution < -0.4 is 4.74 Å². The zero-order valence-electron chi connectivity index (χ0n) is 17.3. The molecule has 2 aromatic heterocycles. The van der Waals surface area contributed by atoms with E-state index in [1.54, 1.807) is 0 Å². The number of hydrogen-bond donors (Lipinski definition) is 3. The number of piperidine rings is 3. The van der Waals surface area contributed by atoms with Crippen LogP contribution in [0.15, 0.2) is 54.7 Å². The molecule has 3 saturated heterocycles. The maximum atomic E-state index is 9.55. The molecule has 3 aliphatic rings. The second-order valence-corrected chi connectivity index (χ2v) is 7.84. The van der Waals surface area contributed by atoms with Crippen molar-refractivity contribution in [2.45, 2.75) is 18.9 Å². The van der Waals surface area contributed by atoms with Gasteiger partial charge in [0.25, 0.3) is 0 Å². The van der Waals surface area contributed by atoms with Gasteiger partial charge in [0.15, 0.2) is 0 Å². The van der Waals surface area contributed by atoms with Gasteiger partial charge in [0, 0.05) is 47.4 Å². The van der Waals surface area contributed by atoms with E-state index in [-0.39, 0.29) is 6.10 Å². The molecule has 9 heteroatoms. The van der Waals surface area contributed by atoms with E-state index in [0.29, 0.717) is 23.9 Å². The Bertz CT molecular complexity index is 1100. The molecule has 0 radical (unpaired) electrons. The third-order valence-corrected chi connectivity index (χ3v) is 5.73. The van der Waals surface area contributed by atoms with Crippen molar-refractivity contribution in [3.8, 4) is 17.1 Å². The van der Waals surface area contributed by atoms with Gasteiger partial charge in [0.1, 0.15) is 6.10 Å². The number of nitrogens with one attached hydrogen (secondary N) is 1. The Morgan fingerprint density at radius 2 is 1.78 bits per heavy atom. The zero-order chi connectivity index (χ0) is 22.5. The Balaban J connectivity index is 0.000000265. The number of aromatic nitrogens is 3. The number of ether oxygens (including phenoxy) is 1. The first-order valence-electron chi connectivity index (χ1n) is 10.4. The largest absolute Gasteiger partial charge is 0.478 e. The van der Waals surface area contributed by atoms with Gasteiger partial charge in [-0.05, 0) is 56.1 Å². The van der Waals surface area contributed by atoms with Crippen LogP contribution in [0.4, 0.5) is 0 Å². The maximum absolute atomic E-state index is 9.55. The summed E-state index contributed by atoms with van der Waals surface area (Å²) in [5.41, 5.74) is 3.08. The standard InChI is InChI=1S/C19H20N4O.C4H4O4/c1-2-16-15(5-8-20-16)11-14(1)17-3-4-19(22-21-17)24-18-12-23-9-6-13(18)7-10-23;5-3(6)1-2-4(7)8/h1-5,8,11,13,18,20H,6-7,9-10,12H2;1-2H,(H,5,6)(H,7,8). The van der Waals surface area contributed by atoms with Crippen LogP contribution in [0.1, 0.15) is 12.8 Å². The molecule has 3 aromatic rings. The first-order chi connectivity index (χ1) is 15.5. The smallest absolute Gasteiger partial charge is 0.328 e. The number of aromatic amines is 1. The molecule has 2 bridgehead atoms. The number of rotatable bonds is 5. The number of carboxylic acid groups (broad SMARTS) is 2. The fraction of sp³-hybridized carbons (Fsp3) is 0.304. The van der Waals surface area contributed by atoms with E-state index in [1.807, 2.05) is 18.3 Å². The lowest BCUT2D eigenvalue weighted by atomic mass is 9.86. The number of benzene rings is 1. The minimum atomic E-state index is -1.26. The summed E-state index contributed by atoms with van der Waals surface area (Å²) in [7, 11) is 0. The van der Waals surface area contributed by atoms with E-state index in [1.165, 1.54) is 31.3 Å². The quantitative estimate of drug-likeness (QED) is 0.521. The summed E-state index contributed by atoms with van der Waals surface area (Å²) in [4.78, 5) is 24.8. The van der Waals surface area contributed by atoms with Crippen LogP contribution in [0, 0.1) is 5.92 Å². The van der Waals surface area contributed by atoms with Gasteiger partial charge >= 0.3 is 11.9 Å². The van der Waals surface area contributed by atoms with Crippen molar-refractivity contribution in [2.75, 3.05) is 19.6 Å². The third kappa shape index (κ3) is 5.30. The number of nitrogens with zero attached hydrogens (tertiary/aromatic N) is 3. The minimum absolute atomic E-state index is 0.267. The fourth-order valence-electron chi connectivity index (χ4n) is 4.09. The zero-order valence-corrected chi connectivity index (χ0v) is 17.3. The molecule has 9 nitrogen and oxygen atoms in total. The van der Waals surface area contributed by atoms with Crippen molar-refractivity contribution in [1.29, 1.82) is 0 Å². The Morgan fingerprint density at radius 1 is 1.03 bits per heavy atom. The van der Waals surface area contributed by atoms with Gasteiger partial charge in [-0.15, -0.1) is 10.2 Å². The van der Waals surface area contributed by atoms with E-state index >= 15 is 0 Å². The van der Waals surface area contributed by atoms with Crippen LogP contribution in [0.5, 0.6) is 5.88 Å². The molecular formula is C23H24N4O5. The van der Waals surface area contributed by atoms with E-state index in [4.69, 9.17) is 14.9 Å². The third-order valence-electron chi connectivity index (χ3n) is 5.73. The Kier molecular flexibility index (Phi) is 6.46. The second kappa shape index (κ2) is 9.61. The SMILES string of the molecule is O=C(O)C=CC(=O)O.c1cc2cc(-c3ccc(OC4CN5CCC4CC5)nn3)ccc2[nH]1. The van der Waals surface area contributed by atoms with E-state index in [0.717, 1.165) is 23.3 Å². The van der Waals surface area contributed by atoms with Gasteiger partial charge in [-0.1, -0.05) is 6.07 Å². The van der Waals surface area contributed by atoms with Crippen molar-refractivity contribution in [3.05, 3.63) is 54.7 Å². The van der Waals surface area contributed by atoms with Crippen LogP contribution in [0.25, 0.3) is 22.2 Å². The van der Waals surface area contributed by atoms with Gasteiger partial charge in [-0.3, -0.25) is 4.90 Å². The fourth-order valence-corrected chi connectivity index (χ4v) is 4.09. The molecule has 166 valence electrons. The molecule has 6 rings (SSSR count). The predicted molar refractivity (Wildman–Crippen MR) is 117 cm³/mol. The topological polar surface area (TPSA) is 129 Å². The second-order valence-electron chi connectivity index (χ2n) is 7.84. The highest BCUT2D eigenvalue weighted by atomic mass is 16.5. The van der Waals surface area contributed by atoms with E-state index in [2.05, 4.69) is 44.3 Å². The summed E-state index contributed by atoms with van der Waals surface area (Å²) in [6.45, 7) is 3.46. The highest BCUT2D eigenvalue weighted by Gasteiger charge is 2.35. The summed E-state index contributed by atoms with van der Waals surface area (Å²) < 4.78 is 6.12. The predicted octanol–water partition coefficient (Wildman–Crippen LogP) is 2.81. The summed E-state index contributed by atoms with van der Waals surface area (Å²) >= 11 is 0. The Labute approximate surface area is 184 Å². The number of fused-ring (bicyclic) bond motifs is 4. The van der Waals surface area contributed by atoms with Gasteiger partial charge in [0.05, 0.1) is 5.69 Å². The average Bonchev–Trinajstić information content (AvgIpc) is 3.27. The summed E-state index contributed by atoms with van der Waals surface area (Å²) in [6.07, 6.45) is 5.82. The normalized spacial score (nSPS) is 21.8. The van der Waals surface area contributed by atoms with E-state index in [9.17, 15) is 9.59 Å². The minimum Gasteiger partial charge on any atom is -0.478 e. The molecule has 0 saturated carbocycles. The highest BCUT2D eigenvalue weighted by Crippen LogP contribution is 2.30. The summed E-state index contributed by atoms with van der Waals surface area (Å²) in [6, 6.07) is 12.3. The Hall–Kier alpha value is -3.72. The van der Waals surface area contributed by atoms with Crippen LogP contribution in [-0.2, 0) is 9.59 Å². The van der Waals surface area contributed by atoms with Crippen LogP contribution in [0.3, 0.4) is 0 Å². The van der Waals surface area contributed by atoms with Gasteiger partial charge < -0.3 is 19.9 Å². The molecule has 1 aromatic carbocycles. The van der Waals surface area contributed by atoms with Crippen molar-refractivity contribution < 1.29 is 24.5 Å². The number of aliphatic carboxylic acids is 2. The molecule has 3 fully saturated rings. The van der Waals surface area contributed by atoms with Crippen LogP contribution in [-0.4, -0.2) is 68.0 Å². The lowest BCUT2D eigenvalue weighted by Crippen LogP contribution is -2.52. The molecular weight excluding hydrogens is 412 g/mol. The van der Waals surface area contributed by atoms with Crippen LogP contribution >= 0.6 is 0 Å². The first-order valence-corrected chi connectivity index (χ1v) is 10.4. The number of carboxylic acids is 2. The molecule has 1 atom stereocenters. The first kappa shape index (κ1) is 21.5. The molecule has 0 amide bonds. The van der Waals surface area contributed by atoms with Gasteiger partial charge in [-0.25, -0.2) is 9.59 Å². The molecule has 0 aliphatic carbocycles. The van der Waals surface area contributed by atoms with Crippen molar-refractivity contribution in [1.82, 2.24) is 20.1 Å². The molecule has 1 unspecified atom stereocenters. The summed E-state index contributed by atoms with van der Waals surface area (Å²) in [5, 5.41) is 25.5. The van der Waals surface area contributed by atoms with Gasteiger partial charge in [0.2, 0.25) is 5.88 Å². The number of hydrogen-bond acceptors (Lipinski definition) is 6. The molecule has 5 heterocycles. The van der Waals surface area contributed by atoms with Crippen molar-refractivity contribution in [3.63, 3.8) is 0 Å². The molecule has 3 N–H and O–H groups in total. The van der Waals surface area contributed by atoms with Crippen molar-refractivity contribution in [2.24, 2.45) is 5.92 Å².